The van der Waals surface area contributed by atoms with Gasteiger partial charge in [-0.05, 0) is 6.07 Å². The third kappa shape index (κ3) is 3.09. The second-order valence-electron chi connectivity index (χ2n) is 5.03. The van der Waals surface area contributed by atoms with E-state index in [4.69, 9.17) is 0 Å². The Labute approximate surface area is 134 Å². The van der Waals surface area contributed by atoms with Crippen LogP contribution in [0.3, 0.4) is 0 Å². The van der Waals surface area contributed by atoms with Crippen molar-refractivity contribution in [1.82, 2.24) is 0 Å². The molecule has 0 saturated heterocycles. The molecule has 5 nitrogen and oxygen atoms in total. The molecular weight excluding hydrogens is 304 g/mol. The molecule has 1 N–H and O–H groups in total. The van der Waals surface area contributed by atoms with Crippen molar-refractivity contribution in [2.75, 3.05) is 6.54 Å². The number of non-ortho nitro benzene ring substituents is 1. The summed E-state index contributed by atoms with van der Waals surface area (Å²) in [5.74, 6) is 0.105. The number of halogens is 1. The van der Waals surface area contributed by atoms with Gasteiger partial charge in [-0.1, -0.05) is 18.2 Å². The van der Waals surface area contributed by atoms with E-state index in [1.807, 2.05) is 12.1 Å². The summed E-state index contributed by atoms with van der Waals surface area (Å²) in [5.41, 5.74) is 3.05. The number of nitrogens with zero attached hydrogens (tertiary/aromatic N) is 2. The molecular formula is C16H15ClN2O3. The molecule has 1 aliphatic heterocycles. The summed E-state index contributed by atoms with van der Waals surface area (Å²) in [6.07, 6.45) is 3.56. The number of phenols is 1. The Morgan fingerprint density at radius 1 is 1.23 bits per heavy atom. The van der Waals surface area contributed by atoms with Gasteiger partial charge in [0.05, 0.1) is 11.3 Å². The van der Waals surface area contributed by atoms with Gasteiger partial charge in [0.1, 0.15) is 12.0 Å². The Hall–Kier alpha value is -2.40. The van der Waals surface area contributed by atoms with E-state index < -0.39 is 4.92 Å². The zero-order chi connectivity index (χ0) is 14.8. The van der Waals surface area contributed by atoms with E-state index >= 15 is 0 Å². The normalized spacial score (nSPS) is 12.3. The first kappa shape index (κ1) is 16.0. The molecule has 22 heavy (non-hydrogen) atoms. The zero-order valence-corrected chi connectivity index (χ0v) is 12.5. The van der Waals surface area contributed by atoms with Crippen LogP contribution in [0.5, 0.6) is 5.75 Å². The van der Waals surface area contributed by atoms with Gasteiger partial charge in [-0.3, -0.25) is 10.1 Å². The number of para-hydroxylation sites is 1. The molecule has 1 aliphatic rings. The van der Waals surface area contributed by atoms with Crippen molar-refractivity contribution < 1.29 is 27.0 Å². The fourth-order valence-corrected chi connectivity index (χ4v) is 2.61. The van der Waals surface area contributed by atoms with Gasteiger partial charge in [0.15, 0.2) is 6.54 Å². The number of phenolic OH excluding ortho intramolecular Hbond substituents is 1. The van der Waals surface area contributed by atoms with Crippen LogP contribution >= 0.6 is 0 Å². The minimum absolute atomic E-state index is 0. The average molecular weight is 319 g/mol. The molecule has 0 spiro atoms. The van der Waals surface area contributed by atoms with Crippen molar-refractivity contribution in [2.24, 2.45) is 0 Å². The first-order valence-electron chi connectivity index (χ1n) is 6.79. The predicted octanol–water partition coefficient (Wildman–Crippen LogP) is -0.182. The molecule has 0 radical (unpaired) electrons. The maximum absolute atomic E-state index is 10.8. The topological polar surface area (TPSA) is 66.4 Å². The molecule has 3 rings (SSSR count). The van der Waals surface area contributed by atoms with Crippen LogP contribution in [0.25, 0.3) is 0 Å². The number of rotatable bonds is 4. The van der Waals surface area contributed by atoms with Crippen molar-refractivity contribution in [1.29, 1.82) is 0 Å². The summed E-state index contributed by atoms with van der Waals surface area (Å²) in [6.45, 7) is 0.686. The molecule has 1 heterocycles. The summed E-state index contributed by atoms with van der Waals surface area (Å²) in [7, 11) is 0. The molecule has 6 heteroatoms. The summed E-state index contributed by atoms with van der Waals surface area (Å²) >= 11 is 0. The molecule has 2 aromatic carbocycles. The minimum Gasteiger partial charge on any atom is -1.00 e. The van der Waals surface area contributed by atoms with Crippen LogP contribution in [-0.2, 0) is 12.8 Å². The van der Waals surface area contributed by atoms with Crippen LogP contribution in [0.1, 0.15) is 11.1 Å². The van der Waals surface area contributed by atoms with Crippen LogP contribution in [0.15, 0.2) is 42.5 Å². The van der Waals surface area contributed by atoms with E-state index in [-0.39, 0.29) is 23.8 Å². The van der Waals surface area contributed by atoms with Gasteiger partial charge in [0, 0.05) is 35.7 Å². The smallest absolute Gasteiger partial charge is 0.269 e. The SMILES string of the molecule is O=[N+]([O-])c1ccc(O)c(CC[N+]2=CCc3ccccc32)c1.[Cl-]. The van der Waals surface area contributed by atoms with Crippen molar-refractivity contribution in [3.8, 4) is 5.75 Å². The number of hydrogen-bond donors (Lipinski definition) is 1. The summed E-state index contributed by atoms with van der Waals surface area (Å²) in [6, 6.07) is 12.3. The monoisotopic (exact) mass is 318 g/mol. The third-order valence-electron chi connectivity index (χ3n) is 3.73. The van der Waals surface area contributed by atoms with E-state index in [1.165, 1.54) is 29.4 Å². The van der Waals surface area contributed by atoms with Gasteiger partial charge in [-0.25, -0.2) is 4.58 Å². The summed E-state index contributed by atoms with van der Waals surface area (Å²) in [5, 5.41) is 20.6. The Morgan fingerprint density at radius 2 is 2.00 bits per heavy atom. The molecule has 0 bridgehead atoms. The van der Waals surface area contributed by atoms with Gasteiger partial charge in [-0.15, -0.1) is 0 Å². The lowest BCUT2D eigenvalue weighted by atomic mass is 10.1. The molecule has 0 amide bonds. The number of nitro groups is 1. The molecule has 0 unspecified atom stereocenters. The molecule has 114 valence electrons. The fraction of sp³-hybridized carbons (Fsp3) is 0.188. The van der Waals surface area contributed by atoms with Crippen LogP contribution in [0.2, 0.25) is 0 Å². The highest BCUT2D eigenvalue weighted by Crippen LogP contribution is 2.26. The van der Waals surface area contributed by atoms with Crippen LogP contribution in [-0.4, -0.2) is 27.4 Å². The number of nitro benzene ring substituents is 1. The highest BCUT2D eigenvalue weighted by Gasteiger charge is 2.21. The number of fused-ring (bicyclic) bond motifs is 1. The van der Waals surface area contributed by atoms with Crippen molar-refractivity contribution in [3.05, 3.63) is 63.7 Å². The third-order valence-corrected chi connectivity index (χ3v) is 3.73. The first-order valence-corrected chi connectivity index (χ1v) is 6.79. The highest BCUT2D eigenvalue weighted by molar-refractivity contribution is 5.66. The van der Waals surface area contributed by atoms with E-state index in [2.05, 4.69) is 22.9 Å². The van der Waals surface area contributed by atoms with E-state index in [0.717, 1.165) is 6.42 Å². The molecule has 0 atom stereocenters. The Balaban J connectivity index is 0.00000176. The summed E-state index contributed by atoms with van der Waals surface area (Å²) < 4.78 is 2.13. The number of benzene rings is 2. The standard InChI is InChI=1S/C16H14N2O3.ClH/c19-16-6-5-14(18(20)21)11-13(16)8-10-17-9-7-12-3-1-2-4-15(12)17;/h1-6,9,11H,7-8,10H2;1H. The Bertz CT molecular complexity index is 744. The van der Waals surface area contributed by atoms with Gasteiger partial charge >= 0.3 is 0 Å². The van der Waals surface area contributed by atoms with E-state index in [0.29, 0.717) is 18.5 Å². The molecule has 2 aromatic rings. The Kier molecular flexibility index (Phi) is 4.78. The molecule has 0 aliphatic carbocycles. The lowest BCUT2D eigenvalue weighted by Gasteiger charge is -2.04. The van der Waals surface area contributed by atoms with Crippen molar-refractivity contribution in [2.45, 2.75) is 12.8 Å². The minimum atomic E-state index is -0.444. The quantitative estimate of drug-likeness (QED) is 0.483. The van der Waals surface area contributed by atoms with Gasteiger partial charge < -0.3 is 17.5 Å². The van der Waals surface area contributed by atoms with Crippen molar-refractivity contribution >= 4 is 17.6 Å². The number of hydrogen-bond acceptors (Lipinski definition) is 3. The first-order chi connectivity index (χ1) is 10.1. The summed E-state index contributed by atoms with van der Waals surface area (Å²) in [4.78, 5) is 10.4. The average Bonchev–Trinajstić information content (AvgIpc) is 2.89. The zero-order valence-electron chi connectivity index (χ0n) is 11.8. The van der Waals surface area contributed by atoms with Crippen LogP contribution in [0, 0.1) is 10.1 Å². The maximum atomic E-state index is 10.8. The van der Waals surface area contributed by atoms with Crippen LogP contribution in [0.4, 0.5) is 11.4 Å². The molecule has 0 saturated carbocycles. The lowest BCUT2D eigenvalue weighted by Crippen LogP contribution is -3.00. The van der Waals surface area contributed by atoms with Gasteiger partial charge in [0.25, 0.3) is 5.69 Å². The fourth-order valence-electron chi connectivity index (χ4n) is 2.61. The Morgan fingerprint density at radius 3 is 2.77 bits per heavy atom. The second kappa shape index (κ2) is 6.58. The maximum Gasteiger partial charge on any atom is 0.269 e. The highest BCUT2D eigenvalue weighted by atomic mass is 35.5. The van der Waals surface area contributed by atoms with E-state index in [1.54, 1.807) is 0 Å². The lowest BCUT2D eigenvalue weighted by molar-refractivity contribution is -0.432. The van der Waals surface area contributed by atoms with Gasteiger partial charge in [0.2, 0.25) is 5.69 Å². The molecule has 0 fully saturated rings. The molecule has 0 aromatic heterocycles. The number of aromatic hydroxyl groups is 1. The van der Waals surface area contributed by atoms with E-state index in [9.17, 15) is 15.2 Å². The van der Waals surface area contributed by atoms with Crippen LogP contribution < -0.4 is 12.4 Å². The predicted molar refractivity (Wildman–Crippen MR) is 79.5 cm³/mol. The second-order valence-corrected chi connectivity index (χ2v) is 5.03. The van der Waals surface area contributed by atoms with Crippen molar-refractivity contribution in [3.63, 3.8) is 0 Å². The van der Waals surface area contributed by atoms with Gasteiger partial charge in [-0.2, -0.15) is 0 Å². The largest absolute Gasteiger partial charge is 1.00 e.